The number of aryl methyl sites for hydroxylation is 1. The Labute approximate surface area is 119 Å². The van der Waals surface area contributed by atoms with Gasteiger partial charge in [0, 0.05) is 6.54 Å². The number of imidazole rings is 1. The molecule has 102 valence electrons. The van der Waals surface area contributed by atoms with Gasteiger partial charge in [0.25, 0.3) is 0 Å². The van der Waals surface area contributed by atoms with E-state index >= 15 is 0 Å². The lowest BCUT2D eigenvalue weighted by Crippen LogP contribution is -2.18. The van der Waals surface area contributed by atoms with Crippen LogP contribution in [-0.4, -0.2) is 9.55 Å². The Balaban J connectivity index is 1.94. The Bertz CT molecular complexity index is 638. The van der Waals surface area contributed by atoms with Gasteiger partial charge in [-0.15, -0.1) is 0 Å². The molecule has 1 aliphatic carbocycles. The third kappa shape index (κ3) is 2.48. The minimum Gasteiger partial charge on any atom is -0.330 e. The topological polar surface area (TPSA) is 20.7 Å². The number of nitrogens with one attached hydrogen (secondary N) is 1. The quantitative estimate of drug-likeness (QED) is 0.778. The maximum Gasteiger partial charge on any atom is 0.178 e. The van der Waals surface area contributed by atoms with Crippen molar-refractivity contribution >= 4 is 23.3 Å². The van der Waals surface area contributed by atoms with Crippen molar-refractivity contribution in [2.75, 3.05) is 0 Å². The number of aromatic nitrogens is 2. The maximum absolute atomic E-state index is 5.52. The zero-order chi connectivity index (χ0) is 13.4. The van der Waals surface area contributed by atoms with Crippen LogP contribution in [0.3, 0.4) is 0 Å². The number of rotatable bonds is 2. The molecule has 1 fully saturated rings. The fourth-order valence-electron chi connectivity index (χ4n) is 3.49. The zero-order valence-corrected chi connectivity index (χ0v) is 12.6. The molecule has 2 nitrogen and oxygen atoms in total. The van der Waals surface area contributed by atoms with E-state index < -0.39 is 0 Å². The van der Waals surface area contributed by atoms with E-state index in [9.17, 15) is 0 Å². The molecular weight excluding hydrogens is 252 g/mol. The summed E-state index contributed by atoms with van der Waals surface area (Å²) in [5.41, 5.74) is 3.75. The van der Waals surface area contributed by atoms with Crippen molar-refractivity contribution in [3.8, 4) is 0 Å². The highest BCUT2D eigenvalue weighted by atomic mass is 32.1. The summed E-state index contributed by atoms with van der Waals surface area (Å²) < 4.78 is 3.18. The molecule has 1 aromatic heterocycles. The molecule has 1 N–H and O–H groups in total. The van der Waals surface area contributed by atoms with Crippen LogP contribution < -0.4 is 0 Å². The average Bonchev–Trinajstić information content (AvgIpc) is 2.69. The molecule has 3 heteroatoms. The largest absolute Gasteiger partial charge is 0.330 e. The van der Waals surface area contributed by atoms with Gasteiger partial charge in [-0.2, -0.15) is 0 Å². The Morgan fingerprint density at radius 3 is 3.00 bits per heavy atom. The summed E-state index contributed by atoms with van der Waals surface area (Å²) >= 11 is 5.52. The number of nitrogens with zero attached hydrogens (tertiary/aromatic N) is 1. The third-order valence-electron chi connectivity index (χ3n) is 4.50. The van der Waals surface area contributed by atoms with Gasteiger partial charge >= 0.3 is 0 Å². The lowest BCUT2D eigenvalue weighted by atomic mass is 9.82. The minimum atomic E-state index is 0.787. The monoisotopic (exact) mass is 274 g/mol. The number of H-pyrrole nitrogens is 1. The van der Waals surface area contributed by atoms with Crippen molar-refractivity contribution < 1.29 is 0 Å². The van der Waals surface area contributed by atoms with Crippen molar-refractivity contribution in [1.29, 1.82) is 0 Å². The molecule has 0 amide bonds. The summed E-state index contributed by atoms with van der Waals surface area (Å²) in [4.78, 5) is 3.37. The normalized spacial score (nSPS) is 23.9. The number of para-hydroxylation sites is 1. The first kappa shape index (κ1) is 12.9. The molecule has 19 heavy (non-hydrogen) atoms. The van der Waals surface area contributed by atoms with Gasteiger partial charge in [-0.1, -0.05) is 31.9 Å². The Morgan fingerprint density at radius 1 is 1.37 bits per heavy atom. The van der Waals surface area contributed by atoms with Gasteiger partial charge in [0.1, 0.15) is 0 Å². The second-order valence-corrected chi connectivity index (χ2v) is 6.53. The van der Waals surface area contributed by atoms with Gasteiger partial charge in [-0.25, -0.2) is 0 Å². The van der Waals surface area contributed by atoms with Gasteiger partial charge < -0.3 is 9.55 Å². The molecule has 2 aromatic rings. The fraction of sp³-hybridized carbons (Fsp3) is 0.562. The van der Waals surface area contributed by atoms with E-state index in [0.29, 0.717) is 0 Å². The summed E-state index contributed by atoms with van der Waals surface area (Å²) in [5, 5.41) is 0. The Hall–Kier alpha value is -1.09. The molecule has 2 unspecified atom stereocenters. The zero-order valence-electron chi connectivity index (χ0n) is 11.8. The smallest absolute Gasteiger partial charge is 0.178 e. The number of fused-ring (bicyclic) bond motifs is 1. The molecule has 1 saturated carbocycles. The second kappa shape index (κ2) is 5.12. The molecular formula is C16H22N2S. The standard InChI is InChI=1S/C16H22N2S/c1-11-5-3-7-13(9-11)10-18-14-8-4-6-12(2)15(14)17-16(18)19/h4,6,8,11,13H,3,5,7,9-10H2,1-2H3,(H,17,19). The SMILES string of the molecule is Cc1cccc2c1[nH]c(=S)n2CC1CCCC(C)C1. The predicted molar refractivity (Wildman–Crippen MR) is 83.0 cm³/mol. The first-order valence-corrected chi connectivity index (χ1v) is 7.74. The number of aromatic amines is 1. The van der Waals surface area contributed by atoms with Crippen LogP contribution in [0.25, 0.3) is 11.0 Å². The maximum atomic E-state index is 5.52. The van der Waals surface area contributed by atoms with E-state index in [0.717, 1.165) is 23.2 Å². The van der Waals surface area contributed by atoms with E-state index in [4.69, 9.17) is 12.2 Å². The summed E-state index contributed by atoms with van der Waals surface area (Å²) in [5.74, 6) is 1.66. The molecule has 2 atom stereocenters. The van der Waals surface area contributed by atoms with Crippen molar-refractivity contribution in [3.05, 3.63) is 28.5 Å². The van der Waals surface area contributed by atoms with E-state index in [1.54, 1.807) is 0 Å². The van der Waals surface area contributed by atoms with E-state index in [2.05, 4.69) is 41.6 Å². The van der Waals surface area contributed by atoms with Crippen LogP contribution in [0.4, 0.5) is 0 Å². The molecule has 1 aliphatic rings. The van der Waals surface area contributed by atoms with Gasteiger partial charge in [-0.05, 0) is 55.4 Å². The molecule has 3 rings (SSSR count). The molecule has 0 radical (unpaired) electrons. The van der Waals surface area contributed by atoms with Crippen molar-refractivity contribution in [3.63, 3.8) is 0 Å². The molecule has 0 bridgehead atoms. The van der Waals surface area contributed by atoms with Gasteiger partial charge in [0.2, 0.25) is 0 Å². The fourth-order valence-corrected chi connectivity index (χ4v) is 3.76. The van der Waals surface area contributed by atoms with E-state index in [1.807, 2.05) is 0 Å². The highest BCUT2D eigenvalue weighted by Crippen LogP contribution is 2.30. The summed E-state index contributed by atoms with van der Waals surface area (Å²) in [7, 11) is 0. The molecule has 0 aliphatic heterocycles. The lowest BCUT2D eigenvalue weighted by Gasteiger charge is -2.27. The first-order valence-electron chi connectivity index (χ1n) is 7.33. The third-order valence-corrected chi connectivity index (χ3v) is 4.83. The van der Waals surface area contributed by atoms with Crippen LogP contribution in [-0.2, 0) is 6.54 Å². The summed E-state index contributed by atoms with van der Waals surface area (Å²) in [6.07, 6.45) is 5.47. The second-order valence-electron chi connectivity index (χ2n) is 6.15. The molecule has 0 spiro atoms. The van der Waals surface area contributed by atoms with Crippen LogP contribution >= 0.6 is 12.2 Å². The highest BCUT2D eigenvalue weighted by Gasteiger charge is 2.20. The van der Waals surface area contributed by atoms with Crippen molar-refractivity contribution in [2.24, 2.45) is 11.8 Å². The molecule has 1 aromatic carbocycles. The van der Waals surface area contributed by atoms with Crippen LogP contribution in [0, 0.1) is 23.5 Å². The molecule has 0 saturated heterocycles. The van der Waals surface area contributed by atoms with Gasteiger partial charge in [-0.3, -0.25) is 0 Å². The van der Waals surface area contributed by atoms with Crippen molar-refractivity contribution in [2.45, 2.75) is 46.1 Å². The Kier molecular flexibility index (Phi) is 3.48. The van der Waals surface area contributed by atoms with Crippen LogP contribution in [0.1, 0.15) is 38.2 Å². The van der Waals surface area contributed by atoms with Gasteiger partial charge in [0.15, 0.2) is 4.77 Å². The molecule has 1 heterocycles. The summed E-state index contributed by atoms with van der Waals surface area (Å²) in [6, 6.07) is 6.45. The lowest BCUT2D eigenvalue weighted by molar-refractivity contribution is 0.258. The van der Waals surface area contributed by atoms with E-state index in [1.165, 1.54) is 42.3 Å². The van der Waals surface area contributed by atoms with E-state index in [-0.39, 0.29) is 0 Å². The number of hydrogen-bond acceptors (Lipinski definition) is 1. The highest BCUT2D eigenvalue weighted by molar-refractivity contribution is 7.71. The van der Waals surface area contributed by atoms with Crippen LogP contribution in [0.2, 0.25) is 0 Å². The van der Waals surface area contributed by atoms with Crippen LogP contribution in [0.5, 0.6) is 0 Å². The van der Waals surface area contributed by atoms with Gasteiger partial charge in [0.05, 0.1) is 11.0 Å². The Morgan fingerprint density at radius 2 is 2.21 bits per heavy atom. The minimum absolute atomic E-state index is 0.787. The van der Waals surface area contributed by atoms with Crippen molar-refractivity contribution in [1.82, 2.24) is 9.55 Å². The van der Waals surface area contributed by atoms with Crippen LogP contribution in [0.15, 0.2) is 18.2 Å². The number of hydrogen-bond donors (Lipinski definition) is 1. The average molecular weight is 274 g/mol. The summed E-state index contributed by atoms with van der Waals surface area (Å²) in [6.45, 7) is 5.60. The predicted octanol–water partition coefficient (Wildman–Crippen LogP) is 4.83. The number of benzene rings is 1. The first-order chi connectivity index (χ1) is 9.15.